The summed E-state index contributed by atoms with van der Waals surface area (Å²) in [6.07, 6.45) is 2.26. The van der Waals surface area contributed by atoms with Crippen LogP contribution in [-0.4, -0.2) is 34.3 Å². The minimum absolute atomic E-state index is 0. The summed E-state index contributed by atoms with van der Waals surface area (Å²) in [5.74, 6) is 0.0454. The average Bonchev–Trinajstić information content (AvgIpc) is 2.85. The Bertz CT molecular complexity index is 822. The maximum absolute atomic E-state index is 12.5. The second kappa shape index (κ2) is 9.28. The topological polar surface area (TPSA) is 59.0 Å². The Morgan fingerprint density at radius 1 is 1.33 bits per heavy atom. The lowest BCUT2D eigenvalue weighted by Gasteiger charge is -2.28. The van der Waals surface area contributed by atoms with Crippen LogP contribution in [0.3, 0.4) is 0 Å². The fraction of sp³-hybridized carbons (Fsp3) is 0.474. The van der Waals surface area contributed by atoms with Crippen molar-refractivity contribution in [3.8, 4) is 5.69 Å². The van der Waals surface area contributed by atoms with Gasteiger partial charge in [-0.2, -0.15) is 5.10 Å². The summed E-state index contributed by atoms with van der Waals surface area (Å²) >= 11 is 12.1. The Labute approximate surface area is 176 Å². The molecule has 2 N–H and O–H groups in total. The van der Waals surface area contributed by atoms with Crippen LogP contribution in [0, 0.1) is 13.8 Å². The molecule has 1 aliphatic rings. The molecule has 8 heteroatoms. The zero-order valence-electron chi connectivity index (χ0n) is 15.7. The van der Waals surface area contributed by atoms with Crippen molar-refractivity contribution in [2.45, 2.75) is 52.1 Å². The van der Waals surface area contributed by atoms with Crippen molar-refractivity contribution < 1.29 is 4.79 Å². The number of piperidine rings is 1. The number of amides is 1. The van der Waals surface area contributed by atoms with Crippen LogP contribution in [0.4, 0.5) is 0 Å². The normalized spacial score (nSPS) is 19.4. The van der Waals surface area contributed by atoms with E-state index < -0.39 is 0 Å². The molecule has 1 saturated heterocycles. The summed E-state index contributed by atoms with van der Waals surface area (Å²) in [5, 5.41) is 12.1. The second-order valence-electron chi connectivity index (χ2n) is 6.98. The number of halogens is 3. The van der Waals surface area contributed by atoms with Gasteiger partial charge in [0.1, 0.15) is 0 Å². The van der Waals surface area contributed by atoms with Gasteiger partial charge in [0.2, 0.25) is 5.91 Å². The highest BCUT2D eigenvalue weighted by Gasteiger charge is 2.22. The lowest BCUT2D eigenvalue weighted by Crippen LogP contribution is -2.47. The Hall–Kier alpha value is -1.27. The average molecular weight is 432 g/mol. The maximum atomic E-state index is 12.5. The number of carbonyl (C=O) groups is 1. The second-order valence-corrected chi connectivity index (χ2v) is 7.79. The molecule has 1 aromatic carbocycles. The van der Waals surface area contributed by atoms with Crippen molar-refractivity contribution in [3.05, 3.63) is 45.2 Å². The van der Waals surface area contributed by atoms with E-state index in [0.29, 0.717) is 22.5 Å². The van der Waals surface area contributed by atoms with Gasteiger partial charge >= 0.3 is 0 Å². The Kier molecular flexibility index (Phi) is 7.57. The largest absolute Gasteiger partial charge is 0.353 e. The molecule has 5 nitrogen and oxygen atoms in total. The first kappa shape index (κ1) is 22.0. The summed E-state index contributed by atoms with van der Waals surface area (Å²) in [6.45, 7) is 6.99. The molecule has 1 amide bonds. The monoisotopic (exact) mass is 430 g/mol. The zero-order valence-corrected chi connectivity index (χ0v) is 18.0. The number of hydrogen-bond donors (Lipinski definition) is 2. The molecule has 0 spiro atoms. The first-order chi connectivity index (χ1) is 12.3. The highest BCUT2D eigenvalue weighted by Crippen LogP contribution is 2.26. The predicted octanol–water partition coefficient (Wildman–Crippen LogP) is 4.02. The summed E-state index contributed by atoms with van der Waals surface area (Å²) in [6, 6.07) is 6.08. The molecule has 1 aliphatic heterocycles. The molecule has 27 heavy (non-hydrogen) atoms. The lowest BCUT2D eigenvalue weighted by molar-refractivity contribution is -0.121. The van der Waals surface area contributed by atoms with E-state index in [1.807, 2.05) is 24.6 Å². The standard InChI is InChI=1S/C19H24Cl2N4O.ClH/c1-11-8-14(6-7-22-11)23-19(26)10-16-12(2)24-25(13(16)3)15-4-5-17(20)18(21)9-15;/h4-5,9,11,14,22H,6-8,10H2,1-3H3,(H,23,26);1H. The maximum Gasteiger partial charge on any atom is 0.224 e. The predicted molar refractivity (Wildman–Crippen MR) is 113 cm³/mol. The Morgan fingerprint density at radius 2 is 2.07 bits per heavy atom. The van der Waals surface area contributed by atoms with Crippen LogP contribution >= 0.6 is 35.6 Å². The molecular weight excluding hydrogens is 407 g/mol. The first-order valence-electron chi connectivity index (χ1n) is 8.88. The van der Waals surface area contributed by atoms with E-state index in [4.69, 9.17) is 23.2 Å². The molecule has 2 unspecified atom stereocenters. The first-order valence-corrected chi connectivity index (χ1v) is 9.64. The highest BCUT2D eigenvalue weighted by atomic mass is 35.5. The van der Waals surface area contributed by atoms with Crippen LogP contribution in [0.1, 0.15) is 36.7 Å². The van der Waals surface area contributed by atoms with Gasteiger partial charge in [-0.15, -0.1) is 12.4 Å². The third kappa shape index (κ3) is 5.17. The number of aryl methyl sites for hydroxylation is 1. The molecule has 3 rings (SSSR count). The minimum atomic E-state index is 0. The molecule has 2 heterocycles. The van der Waals surface area contributed by atoms with Crippen LogP contribution in [-0.2, 0) is 11.2 Å². The van der Waals surface area contributed by atoms with Gasteiger partial charge in [0.25, 0.3) is 0 Å². The van der Waals surface area contributed by atoms with Crippen molar-refractivity contribution in [2.75, 3.05) is 6.54 Å². The minimum Gasteiger partial charge on any atom is -0.353 e. The summed E-state index contributed by atoms with van der Waals surface area (Å²) < 4.78 is 1.81. The third-order valence-electron chi connectivity index (χ3n) is 4.92. The van der Waals surface area contributed by atoms with Crippen LogP contribution in [0.2, 0.25) is 10.0 Å². The van der Waals surface area contributed by atoms with Gasteiger partial charge in [-0.25, -0.2) is 4.68 Å². The third-order valence-corrected chi connectivity index (χ3v) is 5.65. The van der Waals surface area contributed by atoms with E-state index in [1.165, 1.54) is 0 Å². The van der Waals surface area contributed by atoms with Gasteiger partial charge in [-0.05, 0) is 58.4 Å². The smallest absolute Gasteiger partial charge is 0.224 e. The quantitative estimate of drug-likeness (QED) is 0.769. The van der Waals surface area contributed by atoms with Crippen molar-refractivity contribution in [3.63, 3.8) is 0 Å². The van der Waals surface area contributed by atoms with Crippen molar-refractivity contribution in [1.29, 1.82) is 0 Å². The van der Waals surface area contributed by atoms with E-state index in [1.54, 1.807) is 12.1 Å². The molecule has 0 radical (unpaired) electrons. The van der Waals surface area contributed by atoms with Gasteiger partial charge in [-0.3, -0.25) is 4.79 Å². The van der Waals surface area contributed by atoms with E-state index in [-0.39, 0.29) is 24.4 Å². The van der Waals surface area contributed by atoms with E-state index in [2.05, 4.69) is 22.7 Å². The molecule has 2 aromatic rings. The van der Waals surface area contributed by atoms with Crippen LogP contribution in [0.5, 0.6) is 0 Å². The van der Waals surface area contributed by atoms with E-state index >= 15 is 0 Å². The summed E-state index contributed by atoms with van der Waals surface area (Å²) in [5.41, 5.74) is 3.58. The highest BCUT2D eigenvalue weighted by molar-refractivity contribution is 6.42. The summed E-state index contributed by atoms with van der Waals surface area (Å²) in [7, 11) is 0. The molecule has 148 valence electrons. The SMILES string of the molecule is Cc1nn(-c2ccc(Cl)c(Cl)c2)c(C)c1CC(=O)NC1CCNC(C)C1.Cl. The van der Waals surface area contributed by atoms with E-state index in [9.17, 15) is 4.79 Å². The number of benzene rings is 1. The van der Waals surface area contributed by atoms with Gasteiger partial charge in [0, 0.05) is 23.3 Å². The summed E-state index contributed by atoms with van der Waals surface area (Å²) in [4.78, 5) is 12.5. The fourth-order valence-electron chi connectivity index (χ4n) is 3.50. The number of hydrogen-bond acceptors (Lipinski definition) is 3. The Morgan fingerprint density at radius 3 is 2.74 bits per heavy atom. The Balaban J connectivity index is 0.00000261. The van der Waals surface area contributed by atoms with Crippen molar-refractivity contribution in [1.82, 2.24) is 20.4 Å². The number of nitrogens with one attached hydrogen (secondary N) is 2. The van der Waals surface area contributed by atoms with Gasteiger partial charge in [0.15, 0.2) is 0 Å². The van der Waals surface area contributed by atoms with Crippen LogP contribution in [0.15, 0.2) is 18.2 Å². The molecular formula is C19H25Cl3N4O. The van der Waals surface area contributed by atoms with E-state index in [0.717, 1.165) is 42.0 Å². The lowest BCUT2D eigenvalue weighted by atomic mass is 10.00. The number of nitrogens with zero attached hydrogens (tertiary/aromatic N) is 2. The molecule has 0 bridgehead atoms. The van der Waals surface area contributed by atoms with Crippen LogP contribution in [0.25, 0.3) is 5.69 Å². The number of aromatic nitrogens is 2. The van der Waals surface area contributed by atoms with Gasteiger partial charge in [0.05, 0.1) is 27.8 Å². The number of rotatable bonds is 4. The number of carbonyl (C=O) groups excluding carboxylic acids is 1. The van der Waals surface area contributed by atoms with Crippen LogP contribution < -0.4 is 10.6 Å². The molecule has 2 atom stereocenters. The molecule has 0 saturated carbocycles. The zero-order chi connectivity index (χ0) is 18.8. The molecule has 1 aromatic heterocycles. The van der Waals surface area contributed by atoms with Crippen molar-refractivity contribution in [2.24, 2.45) is 0 Å². The fourth-order valence-corrected chi connectivity index (χ4v) is 3.79. The molecule has 1 fully saturated rings. The van der Waals surface area contributed by atoms with Gasteiger partial charge < -0.3 is 10.6 Å². The van der Waals surface area contributed by atoms with Gasteiger partial charge in [-0.1, -0.05) is 23.2 Å². The molecule has 0 aliphatic carbocycles. The van der Waals surface area contributed by atoms with Crippen molar-refractivity contribution >= 4 is 41.5 Å².